The zero-order chi connectivity index (χ0) is 23.3. The highest BCUT2D eigenvalue weighted by molar-refractivity contribution is 7.92. The Bertz CT molecular complexity index is 1260. The Morgan fingerprint density at radius 2 is 1.72 bits per heavy atom. The lowest BCUT2D eigenvalue weighted by molar-refractivity contribution is -0.384. The monoisotopic (exact) mass is 474 g/mol. The Morgan fingerprint density at radius 3 is 2.31 bits per heavy atom. The largest absolute Gasteiger partial charge is 0.497 e. The summed E-state index contributed by atoms with van der Waals surface area (Å²) in [4.78, 5) is 10.6. The maximum Gasteiger partial charge on any atom is 0.295 e. The topological polar surface area (TPSA) is 123 Å². The summed E-state index contributed by atoms with van der Waals surface area (Å²) in [5, 5.41) is 16.2. The number of hydrogen-bond donors (Lipinski definition) is 2. The molecular weight excluding hydrogens is 456 g/mol. The van der Waals surface area contributed by atoms with Gasteiger partial charge < -0.3 is 4.74 Å². The fourth-order valence-electron chi connectivity index (χ4n) is 2.70. The average Bonchev–Trinajstić information content (AvgIpc) is 2.78. The van der Waals surface area contributed by atoms with Crippen LogP contribution in [0, 0.1) is 10.1 Å². The number of rotatable bonds is 8. The highest BCUT2D eigenvalue weighted by atomic mass is 35.5. The van der Waals surface area contributed by atoms with Crippen LogP contribution in [0.15, 0.2) is 76.7 Å². The predicted molar refractivity (Wildman–Crippen MR) is 124 cm³/mol. The average molecular weight is 475 g/mol. The van der Waals surface area contributed by atoms with Gasteiger partial charge in [0, 0.05) is 16.8 Å². The van der Waals surface area contributed by atoms with Gasteiger partial charge in [0.05, 0.1) is 22.6 Å². The number of hydrogen-bond acceptors (Lipinski definition) is 7. The molecule has 0 aliphatic rings. The van der Waals surface area contributed by atoms with Crippen molar-refractivity contribution in [1.29, 1.82) is 0 Å². The van der Waals surface area contributed by atoms with Crippen LogP contribution in [-0.2, 0) is 10.0 Å². The first-order valence-corrected chi connectivity index (χ1v) is 11.1. The molecule has 0 heterocycles. The van der Waals surface area contributed by atoms with Crippen molar-refractivity contribution < 1.29 is 18.1 Å². The molecule has 0 amide bonds. The lowest BCUT2D eigenvalue weighted by atomic mass is 10.1. The van der Waals surface area contributed by atoms with Gasteiger partial charge in [-0.2, -0.15) is 5.10 Å². The first kappa shape index (κ1) is 23.0. The minimum atomic E-state index is -4.05. The molecule has 0 aliphatic carbocycles. The summed E-state index contributed by atoms with van der Waals surface area (Å²) in [5.41, 5.74) is 3.89. The molecule has 11 heteroatoms. The van der Waals surface area contributed by atoms with Crippen LogP contribution >= 0.6 is 11.6 Å². The molecule has 0 atom stereocenters. The van der Waals surface area contributed by atoms with E-state index in [1.54, 1.807) is 38.3 Å². The molecule has 0 spiro atoms. The summed E-state index contributed by atoms with van der Waals surface area (Å²) in [6, 6.07) is 16.7. The minimum Gasteiger partial charge on any atom is -0.497 e. The smallest absolute Gasteiger partial charge is 0.295 e. The number of hydrazone groups is 1. The van der Waals surface area contributed by atoms with Crippen LogP contribution in [0.3, 0.4) is 0 Å². The van der Waals surface area contributed by atoms with E-state index in [9.17, 15) is 18.5 Å². The Labute approximate surface area is 189 Å². The lowest BCUT2D eigenvalue weighted by Gasteiger charge is -2.10. The third kappa shape index (κ3) is 5.54. The van der Waals surface area contributed by atoms with Crippen molar-refractivity contribution in [2.75, 3.05) is 17.3 Å². The van der Waals surface area contributed by atoms with Crippen molar-refractivity contribution in [1.82, 2.24) is 0 Å². The summed E-state index contributed by atoms with van der Waals surface area (Å²) >= 11 is 5.80. The molecule has 0 radical (unpaired) electrons. The SMILES string of the molecule is COc1ccc(/C(C)=N\Nc2ccc(S(=O)(=O)Nc3ccc(Cl)cc3)cc2[N+](=O)[O-])cc1. The van der Waals surface area contributed by atoms with Gasteiger partial charge in [0.25, 0.3) is 15.7 Å². The van der Waals surface area contributed by atoms with E-state index in [2.05, 4.69) is 15.2 Å². The molecule has 0 unspecified atom stereocenters. The zero-order valence-electron chi connectivity index (χ0n) is 17.1. The van der Waals surface area contributed by atoms with Crippen LogP contribution in [-0.4, -0.2) is 26.2 Å². The first-order valence-electron chi connectivity index (χ1n) is 9.21. The van der Waals surface area contributed by atoms with E-state index in [0.29, 0.717) is 16.5 Å². The molecule has 0 aromatic heterocycles. The molecule has 0 aliphatic heterocycles. The maximum absolute atomic E-state index is 12.7. The third-order valence-corrected chi connectivity index (χ3v) is 6.06. The molecule has 0 bridgehead atoms. The Balaban J connectivity index is 1.85. The van der Waals surface area contributed by atoms with E-state index < -0.39 is 20.6 Å². The standard InChI is InChI=1S/C21H19ClN4O5S/c1-14(15-3-9-18(31-2)10-4-15)23-24-20-12-11-19(13-21(20)26(27)28)32(29,30)25-17-7-5-16(22)6-8-17/h3-13,24-25H,1-2H3/b23-14-. The molecule has 2 N–H and O–H groups in total. The molecular formula is C21H19ClN4O5S. The highest BCUT2D eigenvalue weighted by Gasteiger charge is 2.21. The second kappa shape index (κ2) is 9.67. The van der Waals surface area contributed by atoms with Crippen molar-refractivity contribution >= 4 is 44.4 Å². The van der Waals surface area contributed by atoms with Crippen LogP contribution in [0.4, 0.5) is 17.1 Å². The van der Waals surface area contributed by atoms with Crippen LogP contribution in [0.1, 0.15) is 12.5 Å². The van der Waals surface area contributed by atoms with Crippen molar-refractivity contribution in [3.63, 3.8) is 0 Å². The molecule has 166 valence electrons. The quantitative estimate of drug-likeness (QED) is 0.272. The summed E-state index contributed by atoms with van der Waals surface area (Å²) < 4.78 is 32.8. The van der Waals surface area contributed by atoms with Gasteiger partial charge in [-0.1, -0.05) is 11.6 Å². The zero-order valence-corrected chi connectivity index (χ0v) is 18.6. The number of methoxy groups -OCH3 is 1. The van der Waals surface area contributed by atoms with Gasteiger partial charge in [0.1, 0.15) is 11.4 Å². The fourth-order valence-corrected chi connectivity index (χ4v) is 3.90. The lowest BCUT2D eigenvalue weighted by Crippen LogP contribution is -2.13. The van der Waals surface area contributed by atoms with Crippen molar-refractivity contribution in [3.05, 3.63) is 87.4 Å². The van der Waals surface area contributed by atoms with Gasteiger partial charge >= 0.3 is 0 Å². The number of nitro benzene ring substituents is 1. The fraction of sp³-hybridized carbons (Fsp3) is 0.0952. The third-order valence-electron chi connectivity index (χ3n) is 4.42. The van der Waals surface area contributed by atoms with Gasteiger partial charge in [0.15, 0.2) is 0 Å². The number of benzene rings is 3. The van der Waals surface area contributed by atoms with Gasteiger partial charge in [-0.3, -0.25) is 20.3 Å². The summed E-state index contributed by atoms with van der Waals surface area (Å²) in [7, 11) is -2.49. The number of nitrogens with zero attached hydrogens (tertiary/aromatic N) is 2. The van der Waals surface area contributed by atoms with E-state index in [0.717, 1.165) is 11.6 Å². The van der Waals surface area contributed by atoms with Crippen molar-refractivity contribution in [3.8, 4) is 5.75 Å². The molecule has 0 saturated heterocycles. The summed E-state index contributed by atoms with van der Waals surface area (Å²) in [6.07, 6.45) is 0. The second-order valence-electron chi connectivity index (χ2n) is 6.59. The van der Waals surface area contributed by atoms with E-state index in [1.807, 2.05) is 0 Å². The van der Waals surface area contributed by atoms with Gasteiger partial charge in [-0.25, -0.2) is 8.42 Å². The van der Waals surface area contributed by atoms with Crippen LogP contribution < -0.4 is 14.9 Å². The van der Waals surface area contributed by atoms with Gasteiger partial charge in [-0.15, -0.1) is 0 Å². The van der Waals surface area contributed by atoms with Gasteiger partial charge in [-0.05, 0) is 73.2 Å². The van der Waals surface area contributed by atoms with E-state index in [4.69, 9.17) is 16.3 Å². The number of nitro groups is 1. The van der Waals surface area contributed by atoms with Crippen LogP contribution in [0.5, 0.6) is 5.75 Å². The van der Waals surface area contributed by atoms with Gasteiger partial charge in [0.2, 0.25) is 0 Å². The summed E-state index contributed by atoms with van der Waals surface area (Å²) in [5.74, 6) is 0.689. The number of ether oxygens (including phenoxy) is 1. The number of anilines is 2. The molecule has 32 heavy (non-hydrogen) atoms. The maximum atomic E-state index is 12.7. The van der Waals surface area contributed by atoms with Crippen LogP contribution in [0.25, 0.3) is 0 Å². The molecule has 0 fully saturated rings. The second-order valence-corrected chi connectivity index (χ2v) is 8.70. The van der Waals surface area contributed by atoms with E-state index >= 15 is 0 Å². The molecule has 3 aromatic carbocycles. The normalized spacial score (nSPS) is 11.7. The number of halogens is 1. The van der Waals surface area contributed by atoms with Crippen molar-refractivity contribution in [2.24, 2.45) is 5.10 Å². The molecule has 3 rings (SSSR count). The van der Waals surface area contributed by atoms with Crippen molar-refractivity contribution in [2.45, 2.75) is 11.8 Å². The van der Waals surface area contributed by atoms with E-state index in [1.165, 1.54) is 36.4 Å². The molecule has 3 aromatic rings. The number of nitrogens with one attached hydrogen (secondary N) is 2. The predicted octanol–water partition coefficient (Wildman–Crippen LogP) is 4.89. The summed E-state index contributed by atoms with van der Waals surface area (Å²) in [6.45, 7) is 1.73. The number of sulfonamides is 1. The highest BCUT2D eigenvalue weighted by Crippen LogP contribution is 2.29. The van der Waals surface area contributed by atoms with Crippen LogP contribution in [0.2, 0.25) is 5.02 Å². The Kier molecular flexibility index (Phi) is 6.96. The Hall–Kier alpha value is -3.63. The minimum absolute atomic E-state index is 0.0494. The first-order chi connectivity index (χ1) is 15.2. The van der Waals surface area contributed by atoms with E-state index in [-0.39, 0.29) is 16.3 Å². The molecule has 9 nitrogen and oxygen atoms in total. The molecule has 0 saturated carbocycles. The Morgan fingerprint density at radius 1 is 1.06 bits per heavy atom.